The van der Waals surface area contributed by atoms with E-state index in [1.54, 1.807) is 0 Å². The predicted octanol–water partition coefficient (Wildman–Crippen LogP) is 2.26. The minimum absolute atomic E-state index is 0.186. The van der Waals surface area contributed by atoms with Crippen molar-refractivity contribution in [2.75, 3.05) is 13.2 Å². The van der Waals surface area contributed by atoms with E-state index >= 15 is 0 Å². The van der Waals surface area contributed by atoms with E-state index in [2.05, 4.69) is 48.8 Å². The SMILES string of the molecule is C=C[Si](C)(/C=C/B1OCCCO1)c1ccccc1. The molecule has 0 amide bonds. The van der Waals surface area contributed by atoms with Crippen LogP contribution in [0.15, 0.2) is 54.3 Å². The molecule has 94 valence electrons. The highest BCUT2D eigenvalue weighted by Gasteiger charge is 2.25. The van der Waals surface area contributed by atoms with Crippen LogP contribution < -0.4 is 5.19 Å². The normalized spacial score (nSPS) is 19.7. The zero-order valence-corrected chi connectivity index (χ0v) is 11.8. The average Bonchev–Trinajstić information content (AvgIpc) is 2.47. The summed E-state index contributed by atoms with van der Waals surface area (Å²) in [6.07, 6.45) is 0.985. The van der Waals surface area contributed by atoms with Crippen molar-refractivity contribution in [1.82, 2.24) is 0 Å². The first kappa shape index (κ1) is 13.3. The Bertz CT molecular complexity index is 415. The van der Waals surface area contributed by atoms with Crippen molar-refractivity contribution in [1.29, 1.82) is 0 Å². The number of benzene rings is 1. The van der Waals surface area contributed by atoms with E-state index in [0.29, 0.717) is 0 Å². The predicted molar refractivity (Wildman–Crippen MR) is 79.3 cm³/mol. The lowest BCUT2D eigenvalue weighted by molar-refractivity contribution is 0.142. The molecule has 0 N–H and O–H groups in total. The van der Waals surface area contributed by atoms with Gasteiger partial charge in [0, 0.05) is 13.2 Å². The summed E-state index contributed by atoms with van der Waals surface area (Å²) in [5.41, 5.74) is 4.33. The summed E-state index contributed by atoms with van der Waals surface area (Å²) in [5, 5.41) is 1.35. The van der Waals surface area contributed by atoms with Crippen LogP contribution in [0.1, 0.15) is 6.42 Å². The van der Waals surface area contributed by atoms with E-state index < -0.39 is 8.07 Å². The molecule has 18 heavy (non-hydrogen) atoms. The van der Waals surface area contributed by atoms with E-state index in [-0.39, 0.29) is 7.12 Å². The first-order valence-corrected chi connectivity index (χ1v) is 9.02. The van der Waals surface area contributed by atoms with Crippen LogP contribution in [-0.4, -0.2) is 28.4 Å². The van der Waals surface area contributed by atoms with Gasteiger partial charge in [-0.05, 0) is 6.42 Å². The van der Waals surface area contributed by atoms with Crippen molar-refractivity contribution in [3.63, 3.8) is 0 Å². The molecule has 0 spiro atoms. The summed E-state index contributed by atoms with van der Waals surface area (Å²) < 4.78 is 11.1. The van der Waals surface area contributed by atoms with Crippen LogP contribution >= 0.6 is 0 Å². The summed E-state index contributed by atoms with van der Waals surface area (Å²) >= 11 is 0. The summed E-state index contributed by atoms with van der Waals surface area (Å²) in [6, 6.07) is 10.5. The molecule has 1 unspecified atom stereocenters. The van der Waals surface area contributed by atoms with Crippen molar-refractivity contribution >= 4 is 20.4 Å². The summed E-state index contributed by atoms with van der Waals surface area (Å²) in [7, 11) is -1.95. The van der Waals surface area contributed by atoms with E-state index in [4.69, 9.17) is 9.31 Å². The molecule has 0 aliphatic carbocycles. The topological polar surface area (TPSA) is 18.5 Å². The quantitative estimate of drug-likeness (QED) is 0.771. The second-order valence-corrected chi connectivity index (χ2v) is 8.56. The molecule has 2 rings (SSSR count). The Morgan fingerprint density at radius 2 is 1.89 bits per heavy atom. The van der Waals surface area contributed by atoms with Crippen molar-refractivity contribution in [2.24, 2.45) is 0 Å². The molecule has 1 aliphatic rings. The van der Waals surface area contributed by atoms with E-state index in [1.807, 2.05) is 12.0 Å². The Balaban J connectivity index is 2.12. The Kier molecular flexibility index (Phi) is 4.58. The highest BCUT2D eigenvalue weighted by atomic mass is 28.3. The monoisotopic (exact) mass is 258 g/mol. The van der Waals surface area contributed by atoms with Gasteiger partial charge in [0.15, 0.2) is 0 Å². The van der Waals surface area contributed by atoms with Gasteiger partial charge in [-0.3, -0.25) is 0 Å². The van der Waals surface area contributed by atoms with Gasteiger partial charge in [-0.15, -0.1) is 6.58 Å². The van der Waals surface area contributed by atoms with Gasteiger partial charge in [0.05, 0.1) is 0 Å². The fraction of sp³-hybridized carbons (Fsp3) is 0.286. The number of hydrogen-bond donors (Lipinski definition) is 0. The Hall–Kier alpha value is -1.10. The van der Waals surface area contributed by atoms with Crippen LogP contribution in [0, 0.1) is 0 Å². The maximum atomic E-state index is 5.53. The minimum Gasteiger partial charge on any atom is -0.408 e. The smallest absolute Gasteiger partial charge is 0.408 e. The van der Waals surface area contributed by atoms with Crippen LogP contribution in [-0.2, 0) is 9.31 Å². The molecule has 1 saturated heterocycles. The molecule has 4 heteroatoms. The van der Waals surface area contributed by atoms with Gasteiger partial charge in [0.1, 0.15) is 8.07 Å². The number of rotatable bonds is 4. The standard InChI is InChI=1S/C14H19BO2Si/c1-3-18(2,14-8-5-4-6-9-14)13-10-15-16-11-7-12-17-15/h3-6,8-10,13H,1,7,11-12H2,2H3/b13-10+. The molecular formula is C14H19BO2Si. The van der Waals surface area contributed by atoms with Crippen molar-refractivity contribution in [3.05, 3.63) is 54.3 Å². The average molecular weight is 258 g/mol. The van der Waals surface area contributed by atoms with Gasteiger partial charge in [0.25, 0.3) is 0 Å². The highest BCUT2D eigenvalue weighted by molar-refractivity contribution is 6.99. The van der Waals surface area contributed by atoms with Crippen molar-refractivity contribution < 1.29 is 9.31 Å². The third-order valence-electron chi connectivity index (χ3n) is 3.27. The van der Waals surface area contributed by atoms with Crippen LogP contribution in [0.4, 0.5) is 0 Å². The van der Waals surface area contributed by atoms with Gasteiger partial charge in [-0.25, -0.2) is 0 Å². The van der Waals surface area contributed by atoms with Gasteiger partial charge >= 0.3 is 7.12 Å². The lowest BCUT2D eigenvalue weighted by atomic mass is 9.90. The van der Waals surface area contributed by atoms with E-state index in [0.717, 1.165) is 19.6 Å². The molecule has 1 aromatic carbocycles. The molecule has 1 aliphatic heterocycles. The Morgan fingerprint density at radius 1 is 1.22 bits per heavy atom. The summed E-state index contributed by atoms with van der Waals surface area (Å²) in [6.45, 7) is 7.84. The third kappa shape index (κ3) is 3.22. The fourth-order valence-corrected chi connectivity index (χ4v) is 4.01. The lowest BCUT2D eigenvalue weighted by Crippen LogP contribution is -2.42. The molecule has 0 saturated carbocycles. The molecule has 0 radical (unpaired) electrons. The molecule has 1 fully saturated rings. The molecule has 2 nitrogen and oxygen atoms in total. The largest absolute Gasteiger partial charge is 0.485 e. The third-order valence-corrected chi connectivity index (χ3v) is 6.58. The molecule has 0 bridgehead atoms. The number of hydrogen-bond acceptors (Lipinski definition) is 2. The maximum absolute atomic E-state index is 5.53. The summed E-state index contributed by atoms with van der Waals surface area (Å²) in [4.78, 5) is 0. The van der Waals surface area contributed by atoms with Gasteiger partial charge in [-0.2, -0.15) is 0 Å². The molecule has 1 heterocycles. The zero-order valence-electron chi connectivity index (χ0n) is 10.8. The molecular weight excluding hydrogens is 239 g/mol. The zero-order chi connectivity index (χ0) is 12.8. The fourth-order valence-electron chi connectivity index (χ4n) is 1.97. The van der Waals surface area contributed by atoms with Crippen molar-refractivity contribution in [3.8, 4) is 0 Å². The van der Waals surface area contributed by atoms with Gasteiger partial charge in [-0.1, -0.05) is 59.4 Å². The molecule has 0 aromatic heterocycles. The second kappa shape index (κ2) is 6.18. The van der Waals surface area contributed by atoms with Crippen molar-refractivity contribution in [2.45, 2.75) is 13.0 Å². The Labute approximate surface area is 110 Å². The first-order valence-electron chi connectivity index (χ1n) is 6.36. The first-order chi connectivity index (χ1) is 8.74. The molecule has 1 aromatic rings. The maximum Gasteiger partial charge on any atom is 0.485 e. The highest BCUT2D eigenvalue weighted by Crippen LogP contribution is 2.09. The van der Waals surface area contributed by atoms with E-state index in [9.17, 15) is 0 Å². The summed E-state index contributed by atoms with van der Waals surface area (Å²) in [5.74, 6) is 2.04. The van der Waals surface area contributed by atoms with Crippen LogP contribution in [0.25, 0.3) is 0 Å². The van der Waals surface area contributed by atoms with E-state index in [1.165, 1.54) is 5.19 Å². The minimum atomic E-state index is -1.76. The van der Waals surface area contributed by atoms with Gasteiger partial charge in [0.2, 0.25) is 0 Å². The molecule has 1 atom stereocenters. The van der Waals surface area contributed by atoms with Crippen LogP contribution in [0.2, 0.25) is 6.55 Å². The lowest BCUT2D eigenvalue weighted by Gasteiger charge is -2.21. The Morgan fingerprint density at radius 3 is 2.50 bits per heavy atom. The van der Waals surface area contributed by atoms with Crippen LogP contribution in [0.3, 0.4) is 0 Å². The van der Waals surface area contributed by atoms with Gasteiger partial charge < -0.3 is 9.31 Å². The second-order valence-electron chi connectivity index (χ2n) is 4.68. The van der Waals surface area contributed by atoms with Crippen LogP contribution in [0.5, 0.6) is 0 Å².